The maximum absolute atomic E-state index is 12.0. The monoisotopic (exact) mass is 282 g/mol. The number of carbonyl (C=O) groups excluding carboxylic acids is 1. The molecular formula is C14H13MnNO2. The quantitative estimate of drug-likeness (QED) is 0.833. The summed E-state index contributed by atoms with van der Waals surface area (Å²) in [6.07, 6.45) is 5.47. The van der Waals surface area contributed by atoms with E-state index in [9.17, 15) is 9.90 Å². The Morgan fingerprint density at radius 2 is 1.89 bits per heavy atom. The van der Waals surface area contributed by atoms with E-state index in [2.05, 4.69) is 0 Å². The van der Waals surface area contributed by atoms with Crippen LogP contribution in [0.15, 0.2) is 54.6 Å². The Hall–Kier alpha value is -1.48. The minimum absolute atomic E-state index is 0. The van der Waals surface area contributed by atoms with E-state index in [1.807, 2.05) is 6.07 Å². The summed E-state index contributed by atoms with van der Waals surface area (Å²) in [6, 6.07) is 8.77. The van der Waals surface area contributed by atoms with Crippen LogP contribution in [0.3, 0.4) is 0 Å². The maximum atomic E-state index is 12.0. The van der Waals surface area contributed by atoms with E-state index in [-0.39, 0.29) is 28.6 Å². The Kier molecular flexibility index (Phi) is 5.23. The second-order valence-corrected chi connectivity index (χ2v) is 3.89. The van der Waals surface area contributed by atoms with Gasteiger partial charge in [-0.2, -0.15) is 0 Å². The zero-order valence-corrected chi connectivity index (χ0v) is 10.8. The van der Waals surface area contributed by atoms with Gasteiger partial charge in [0.15, 0.2) is 5.78 Å². The predicted octanol–water partition coefficient (Wildman–Crippen LogP) is 2.05. The third kappa shape index (κ3) is 3.05. The molecule has 0 spiro atoms. The van der Waals surface area contributed by atoms with Gasteiger partial charge in [0, 0.05) is 22.8 Å². The summed E-state index contributed by atoms with van der Waals surface area (Å²) < 4.78 is 0. The van der Waals surface area contributed by atoms with Gasteiger partial charge < -0.3 is 10.5 Å². The van der Waals surface area contributed by atoms with Gasteiger partial charge >= 0.3 is 0 Å². The second kappa shape index (κ2) is 6.45. The Bertz CT molecular complexity index is 494. The SMILES string of the molecule is N=C1C=CC=CC1C(=O)C(O)c1ccccc1.[Mn]. The van der Waals surface area contributed by atoms with Crippen molar-refractivity contribution in [2.75, 3.05) is 0 Å². The molecule has 93 valence electrons. The van der Waals surface area contributed by atoms with Crippen LogP contribution in [-0.2, 0) is 21.9 Å². The smallest absolute Gasteiger partial charge is 0.178 e. The number of rotatable bonds is 3. The van der Waals surface area contributed by atoms with Gasteiger partial charge in [-0.25, -0.2) is 0 Å². The number of aliphatic hydroxyl groups excluding tert-OH is 1. The molecule has 1 aromatic rings. The van der Waals surface area contributed by atoms with Crippen molar-refractivity contribution >= 4 is 11.5 Å². The molecule has 0 fully saturated rings. The van der Waals surface area contributed by atoms with Crippen LogP contribution in [0.1, 0.15) is 11.7 Å². The van der Waals surface area contributed by atoms with E-state index >= 15 is 0 Å². The molecule has 1 aliphatic rings. The van der Waals surface area contributed by atoms with Crippen molar-refractivity contribution in [3.63, 3.8) is 0 Å². The molecule has 0 heterocycles. The zero-order valence-electron chi connectivity index (χ0n) is 9.58. The largest absolute Gasteiger partial charge is 0.381 e. The van der Waals surface area contributed by atoms with Crippen molar-refractivity contribution < 1.29 is 27.0 Å². The number of hydrogen-bond acceptors (Lipinski definition) is 3. The fraction of sp³-hybridized carbons (Fsp3) is 0.143. The normalized spacial score (nSPS) is 19.2. The molecule has 2 rings (SSSR count). The van der Waals surface area contributed by atoms with Crippen LogP contribution in [-0.4, -0.2) is 16.6 Å². The average Bonchev–Trinajstić information content (AvgIpc) is 2.39. The summed E-state index contributed by atoms with van der Waals surface area (Å²) in [5.74, 6) is -1.00. The molecule has 2 atom stereocenters. The van der Waals surface area contributed by atoms with Crippen LogP contribution in [0.25, 0.3) is 0 Å². The molecule has 0 amide bonds. The fourth-order valence-corrected chi connectivity index (χ4v) is 1.76. The molecular weight excluding hydrogens is 269 g/mol. The van der Waals surface area contributed by atoms with Crippen molar-refractivity contribution in [1.82, 2.24) is 0 Å². The van der Waals surface area contributed by atoms with Crippen molar-refractivity contribution in [1.29, 1.82) is 5.41 Å². The summed E-state index contributed by atoms with van der Waals surface area (Å²) in [6.45, 7) is 0. The summed E-state index contributed by atoms with van der Waals surface area (Å²) in [5.41, 5.74) is 0.778. The van der Waals surface area contributed by atoms with Crippen LogP contribution < -0.4 is 0 Å². The van der Waals surface area contributed by atoms with Crippen LogP contribution in [0.2, 0.25) is 0 Å². The molecule has 0 aliphatic heterocycles. The summed E-state index contributed by atoms with van der Waals surface area (Å²) >= 11 is 0. The van der Waals surface area contributed by atoms with Gasteiger partial charge in [0.1, 0.15) is 6.10 Å². The molecule has 18 heavy (non-hydrogen) atoms. The van der Waals surface area contributed by atoms with Crippen molar-refractivity contribution in [2.45, 2.75) is 6.10 Å². The van der Waals surface area contributed by atoms with Gasteiger partial charge in [-0.15, -0.1) is 0 Å². The third-order valence-electron chi connectivity index (χ3n) is 2.72. The number of nitrogens with one attached hydrogen (secondary N) is 1. The number of ketones is 1. The molecule has 1 aromatic carbocycles. The molecule has 2 N–H and O–H groups in total. The van der Waals surface area contributed by atoms with Crippen LogP contribution in [0.4, 0.5) is 0 Å². The van der Waals surface area contributed by atoms with Crippen LogP contribution >= 0.6 is 0 Å². The van der Waals surface area contributed by atoms with E-state index < -0.39 is 12.0 Å². The van der Waals surface area contributed by atoms with Gasteiger partial charge in [-0.3, -0.25) is 4.79 Å². The number of benzene rings is 1. The molecule has 2 unspecified atom stereocenters. The van der Waals surface area contributed by atoms with Crippen molar-refractivity contribution in [3.05, 3.63) is 60.2 Å². The first-order valence-corrected chi connectivity index (χ1v) is 5.40. The fourth-order valence-electron chi connectivity index (χ4n) is 1.76. The third-order valence-corrected chi connectivity index (χ3v) is 2.72. The number of Topliss-reactive ketones (excluding diaryl/α,β-unsaturated/α-hetero) is 1. The minimum atomic E-state index is -1.17. The zero-order chi connectivity index (χ0) is 12.3. The Labute approximate surface area is 116 Å². The number of allylic oxidation sites excluding steroid dienone is 4. The Morgan fingerprint density at radius 1 is 1.22 bits per heavy atom. The minimum Gasteiger partial charge on any atom is -0.381 e. The van der Waals surface area contributed by atoms with Crippen LogP contribution in [0, 0.1) is 11.3 Å². The predicted molar refractivity (Wildman–Crippen MR) is 65.9 cm³/mol. The van der Waals surface area contributed by atoms with E-state index in [1.165, 1.54) is 0 Å². The first-order chi connectivity index (χ1) is 8.20. The van der Waals surface area contributed by atoms with Gasteiger partial charge in [0.2, 0.25) is 0 Å². The van der Waals surface area contributed by atoms with E-state index in [1.54, 1.807) is 48.6 Å². The molecule has 1 radical (unpaired) electrons. The van der Waals surface area contributed by atoms with E-state index in [0.29, 0.717) is 5.56 Å². The summed E-state index contributed by atoms with van der Waals surface area (Å²) in [5, 5.41) is 17.6. The first kappa shape index (κ1) is 14.6. The van der Waals surface area contributed by atoms with Crippen molar-refractivity contribution in [2.24, 2.45) is 5.92 Å². The average molecular weight is 282 g/mol. The van der Waals surface area contributed by atoms with Crippen molar-refractivity contribution in [3.8, 4) is 0 Å². The van der Waals surface area contributed by atoms with E-state index in [4.69, 9.17) is 5.41 Å². The molecule has 4 heteroatoms. The molecule has 0 saturated heterocycles. The molecule has 0 aromatic heterocycles. The summed E-state index contributed by atoms with van der Waals surface area (Å²) in [4.78, 5) is 12.0. The van der Waals surface area contributed by atoms with Gasteiger partial charge in [-0.05, 0) is 11.6 Å². The van der Waals surface area contributed by atoms with E-state index in [0.717, 1.165) is 0 Å². The van der Waals surface area contributed by atoms with Gasteiger partial charge in [-0.1, -0.05) is 48.6 Å². The molecule has 1 aliphatic carbocycles. The Balaban J connectivity index is 0.00000162. The molecule has 3 nitrogen and oxygen atoms in total. The maximum Gasteiger partial charge on any atom is 0.178 e. The topological polar surface area (TPSA) is 61.2 Å². The standard InChI is InChI=1S/C14H13NO2.Mn/c15-12-9-5-4-8-11(12)14(17)13(16)10-6-2-1-3-7-10;/h1-9,11,13,15-16H;. The number of carbonyl (C=O) groups is 1. The van der Waals surface area contributed by atoms with Gasteiger partial charge in [0.25, 0.3) is 0 Å². The first-order valence-electron chi connectivity index (χ1n) is 5.40. The number of aliphatic hydroxyl groups is 1. The van der Waals surface area contributed by atoms with Gasteiger partial charge in [0.05, 0.1) is 5.92 Å². The molecule has 0 saturated carbocycles. The molecule has 0 bridgehead atoms. The summed E-state index contributed by atoms with van der Waals surface area (Å²) in [7, 11) is 0. The number of hydrogen-bond donors (Lipinski definition) is 2. The Morgan fingerprint density at radius 3 is 2.50 bits per heavy atom. The van der Waals surface area contributed by atoms with Crippen LogP contribution in [0.5, 0.6) is 0 Å². The second-order valence-electron chi connectivity index (χ2n) is 3.89.